The predicted molar refractivity (Wildman–Crippen MR) is 120 cm³/mol. The Kier molecular flexibility index (Phi) is 5.36. The number of hydrogen-bond donors (Lipinski definition) is 1. The molecule has 2 aromatic carbocycles. The maximum atomic E-state index is 5.28. The second-order valence-corrected chi connectivity index (χ2v) is 7.73. The van der Waals surface area contributed by atoms with E-state index in [9.17, 15) is 0 Å². The van der Waals surface area contributed by atoms with Crippen molar-refractivity contribution in [2.24, 2.45) is 0 Å². The molecule has 0 aliphatic rings. The Bertz CT molecular complexity index is 1110. The molecule has 29 heavy (non-hydrogen) atoms. The van der Waals surface area contributed by atoms with E-state index in [0.717, 1.165) is 28.9 Å². The first-order valence-corrected chi connectivity index (χ1v) is 9.92. The number of H-pyrrole nitrogens is 1. The Labute approximate surface area is 172 Å². The standard InChI is InChI=1S/C25H27N3O/c1-17(28(2)3)13-24-25(22-7-5-6-8-23(22)27-24)20-14-19(15-26-16-20)18-9-11-21(29-4)12-10-18/h5-12,14-17,27H,13H2,1-4H3. The molecule has 4 heteroatoms. The van der Waals surface area contributed by atoms with Crippen LogP contribution in [0, 0.1) is 0 Å². The number of methoxy groups -OCH3 is 1. The van der Waals surface area contributed by atoms with Crippen molar-refractivity contribution in [3.8, 4) is 28.0 Å². The lowest BCUT2D eigenvalue weighted by atomic mass is 9.97. The Morgan fingerprint density at radius 1 is 0.966 bits per heavy atom. The second kappa shape index (κ2) is 8.10. The van der Waals surface area contributed by atoms with E-state index in [1.807, 2.05) is 24.5 Å². The predicted octanol–water partition coefficient (Wildman–Crippen LogP) is 5.40. The number of rotatable bonds is 6. The lowest BCUT2D eigenvalue weighted by molar-refractivity contribution is 0.311. The zero-order valence-electron chi connectivity index (χ0n) is 17.4. The molecule has 4 rings (SSSR count). The van der Waals surface area contributed by atoms with Gasteiger partial charge in [-0.2, -0.15) is 0 Å². The van der Waals surface area contributed by atoms with E-state index in [4.69, 9.17) is 4.74 Å². The SMILES string of the molecule is COc1ccc(-c2cncc(-c3c(CC(C)N(C)C)[nH]c4ccccc34)c2)cc1. The van der Waals surface area contributed by atoms with E-state index in [2.05, 4.69) is 78.4 Å². The van der Waals surface area contributed by atoms with Crippen LogP contribution in [0.3, 0.4) is 0 Å². The van der Waals surface area contributed by atoms with Gasteiger partial charge in [-0.25, -0.2) is 0 Å². The third-order valence-corrected chi connectivity index (χ3v) is 5.62. The summed E-state index contributed by atoms with van der Waals surface area (Å²) in [7, 11) is 5.93. The van der Waals surface area contributed by atoms with E-state index >= 15 is 0 Å². The van der Waals surface area contributed by atoms with Crippen molar-refractivity contribution in [1.82, 2.24) is 14.9 Å². The fourth-order valence-electron chi connectivity index (χ4n) is 3.68. The first kappa shape index (κ1) is 19.2. The van der Waals surface area contributed by atoms with Crippen molar-refractivity contribution in [3.63, 3.8) is 0 Å². The Morgan fingerprint density at radius 2 is 1.69 bits per heavy atom. The highest BCUT2D eigenvalue weighted by Crippen LogP contribution is 2.35. The molecule has 0 saturated carbocycles. The number of aromatic nitrogens is 2. The van der Waals surface area contributed by atoms with Gasteiger partial charge in [0, 0.05) is 58.1 Å². The lowest BCUT2D eigenvalue weighted by Gasteiger charge is -2.20. The van der Waals surface area contributed by atoms with E-state index in [1.165, 1.54) is 22.2 Å². The lowest BCUT2D eigenvalue weighted by Crippen LogP contribution is -2.26. The summed E-state index contributed by atoms with van der Waals surface area (Å²) in [6, 6.07) is 19.3. The molecular formula is C25H27N3O. The van der Waals surface area contributed by atoms with Gasteiger partial charge in [-0.3, -0.25) is 4.98 Å². The highest BCUT2D eigenvalue weighted by atomic mass is 16.5. The molecule has 0 bridgehead atoms. The molecule has 1 N–H and O–H groups in total. The van der Waals surface area contributed by atoms with Gasteiger partial charge in [0.15, 0.2) is 0 Å². The number of benzene rings is 2. The van der Waals surface area contributed by atoms with E-state index in [1.54, 1.807) is 7.11 Å². The zero-order chi connectivity index (χ0) is 20.4. The van der Waals surface area contributed by atoms with Crippen molar-refractivity contribution in [2.45, 2.75) is 19.4 Å². The van der Waals surface area contributed by atoms with Crippen LogP contribution < -0.4 is 4.74 Å². The molecule has 1 unspecified atom stereocenters. The summed E-state index contributed by atoms with van der Waals surface area (Å²) in [4.78, 5) is 10.5. The van der Waals surface area contributed by atoms with Crippen molar-refractivity contribution in [2.75, 3.05) is 21.2 Å². The number of aromatic amines is 1. The van der Waals surface area contributed by atoms with E-state index < -0.39 is 0 Å². The van der Waals surface area contributed by atoms with Crippen LogP contribution in [0.2, 0.25) is 0 Å². The van der Waals surface area contributed by atoms with E-state index in [0.29, 0.717) is 6.04 Å². The Balaban J connectivity index is 1.81. The number of ether oxygens (including phenoxy) is 1. The molecule has 0 saturated heterocycles. The quantitative estimate of drug-likeness (QED) is 0.483. The van der Waals surface area contributed by atoms with Crippen LogP contribution in [0.1, 0.15) is 12.6 Å². The number of hydrogen-bond acceptors (Lipinski definition) is 3. The molecule has 2 heterocycles. The zero-order valence-corrected chi connectivity index (χ0v) is 17.4. The van der Waals surface area contributed by atoms with Gasteiger partial charge in [-0.15, -0.1) is 0 Å². The monoisotopic (exact) mass is 385 g/mol. The minimum atomic E-state index is 0.430. The van der Waals surface area contributed by atoms with Gasteiger partial charge in [0.2, 0.25) is 0 Å². The van der Waals surface area contributed by atoms with Crippen LogP contribution in [-0.2, 0) is 6.42 Å². The number of nitrogens with zero attached hydrogens (tertiary/aromatic N) is 2. The fraction of sp³-hybridized carbons (Fsp3) is 0.240. The van der Waals surface area contributed by atoms with Crippen LogP contribution in [0.25, 0.3) is 33.2 Å². The van der Waals surface area contributed by atoms with Gasteiger partial charge in [0.25, 0.3) is 0 Å². The minimum absolute atomic E-state index is 0.430. The summed E-state index contributed by atoms with van der Waals surface area (Å²) in [5.74, 6) is 0.856. The van der Waals surface area contributed by atoms with Gasteiger partial charge in [0.1, 0.15) is 5.75 Å². The van der Waals surface area contributed by atoms with Crippen molar-refractivity contribution in [1.29, 1.82) is 0 Å². The summed E-state index contributed by atoms with van der Waals surface area (Å²) in [6.07, 6.45) is 4.83. The summed E-state index contributed by atoms with van der Waals surface area (Å²) < 4.78 is 5.28. The molecule has 0 radical (unpaired) electrons. The fourth-order valence-corrected chi connectivity index (χ4v) is 3.68. The number of pyridine rings is 1. The molecule has 0 fully saturated rings. The van der Waals surface area contributed by atoms with Crippen LogP contribution >= 0.6 is 0 Å². The maximum absolute atomic E-state index is 5.28. The molecule has 0 spiro atoms. The van der Waals surface area contributed by atoms with Gasteiger partial charge < -0.3 is 14.6 Å². The first-order valence-electron chi connectivity index (χ1n) is 9.92. The largest absolute Gasteiger partial charge is 0.497 e. The molecule has 4 aromatic rings. The van der Waals surface area contributed by atoms with Gasteiger partial charge in [-0.1, -0.05) is 30.3 Å². The number of nitrogens with one attached hydrogen (secondary N) is 1. The van der Waals surface area contributed by atoms with Gasteiger partial charge >= 0.3 is 0 Å². The van der Waals surface area contributed by atoms with Crippen molar-refractivity contribution < 1.29 is 4.74 Å². The average Bonchev–Trinajstić information content (AvgIpc) is 3.11. The summed E-state index contributed by atoms with van der Waals surface area (Å²) in [5, 5.41) is 1.24. The second-order valence-electron chi connectivity index (χ2n) is 7.73. The third-order valence-electron chi connectivity index (χ3n) is 5.62. The topological polar surface area (TPSA) is 41.1 Å². The Hall–Kier alpha value is -3.11. The molecule has 0 aliphatic carbocycles. The first-order chi connectivity index (χ1) is 14.1. The molecule has 148 valence electrons. The third kappa shape index (κ3) is 3.89. The van der Waals surface area contributed by atoms with Crippen LogP contribution in [-0.4, -0.2) is 42.1 Å². The van der Waals surface area contributed by atoms with Crippen LogP contribution in [0.4, 0.5) is 0 Å². The number of para-hydroxylation sites is 1. The maximum Gasteiger partial charge on any atom is 0.118 e. The smallest absolute Gasteiger partial charge is 0.118 e. The van der Waals surface area contributed by atoms with Gasteiger partial charge in [-0.05, 0) is 50.8 Å². The molecule has 0 aliphatic heterocycles. The summed E-state index contributed by atoms with van der Waals surface area (Å²) in [5.41, 5.74) is 7.03. The average molecular weight is 386 g/mol. The molecule has 4 nitrogen and oxygen atoms in total. The van der Waals surface area contributed by atoms with E-state index in [-0.39, 0.29) is 0 Å². The van der Waals surface area contributed by atoms with Crippen molar-refractivity contribution >= 4 is 10.9 Å². The molecule has 2 aromatic heterocycles. The van der Waals surface area contributed by atoms with Crippen LogP contribution in [0.15, 0.2) is 67.0 Å². The number of fused-ring (bicyclic) bond motifs is 1. The summed E-state index contributed by atoms with van der Waals surface area (Å²) >= 11 is 0. The molecule has 0 amide bonds. The molecular weight excluding hydrogens is 358 g/mol. The van der Waals surface area contributed by atoms with Crippen LogP contribution in [0.5, 0.6) is 5.75 Å². The van der Waals surface area contributed by atoms with Gasteiger partial charge in [0.05, 0.1) is 7.11 Å². The highest BCUT2D eigenvalue weighted by molar-refractivity contribution is 5.98. The highest BCUT2D eigenvalue weighted by Gasteiger charge is 2.17. The summed E-state index contributed by atoms with van der Waals surface area (Å²) in [6.45, 7) is 2.25. The number of likely N-dealkylation sites (N-methyl/N-ethyl adjacent to an activating group) is 1. The molecule has 1 atom stereocenters. The normalized spacial score (nSPS) is 12.4. The van der Waals surface area contributed by atoms with Crippen molar-refractivity contribution in [3.05, 3.63) is 72.7 Å². The Morgan fingerprint density at radius 3 is 2.41 bits per heavy atom. The minimum Gasteiger partial charge on any atom is -0.497 e.